The summed E-state index contributed by atoms with van der Waals surface area (Å²) in [5.74, 6) is -0.587. The van der Waals surface area contributed by atoms with Crippen molar-refractivity contribution in [2.75, 3.05) is 6.54 Å². The molecule has 2 N–H and O–H groups in total. The van der Waals surface area contributed by atoms with E-state index in [0.29, 0.717) is 32.6 Å². The fourth-order valence-corrected chi connectivity index (χ4v) is 4.47. The van der Waals surface area contributed by atoms with E-state index >= 15 is 0 Å². The zero-order valence-electron chi connectivity index (χ0n) is 10.9. The lowest BCUT2D eigenvalue weighted by atomic mass is 10.1. The quantitative estimate of drug-likeness (QED) is 0.872. The highest BCUT2D eigenvalue weighted by atomic mass is 32.2. The number of nitrogens with zero attached hydrogens (tertiary/aromatic N) is 1. The van der Waals surface area contributed by atoms with Gasteiger partial charge in [-0.2, -0.15) is 4.31 Å². The van der Waals surface area contributed by atoms with E-state index in [2.05, 4.69) is 0 Å². The van der Waals surface area contributed by atoms with E-state index in [1.165, 1.54) is 4.31 Å². The zero-order chi connectivity index (χ0) is 14.3. The first-order valence-electron chi connectivity index (χ1n) is 6.51. The average molecular weight is 296 g/mol. The molecule has 20 heavy (non-hydrogen) atoms. The predicted octanol–water partition coefficient (Wildman–Crippen LogP) is 0.355. The monoisotopic (exact) mass is 296 g/mol. The van der Waals surface area contributed by atoms with Gasteiger partial charge in [-0.3, -0.25) is 4.79 Å². The van der Waals surface area contributed by atoms with Crippen LogP contribution in [0.3, 0.4) is 0 Å². The molecule has 1 aromatic rings. The fraction of sp³-hybridized carbons (Fsp3) is 0.462. The van der Waals surface area contributed by atoms with Gasteiger partial charge in [0.25, 0.3) is 0 Å². The molecule has 1 saturated heterocycles. The van der Waals surface area contributed by atoms with Crippen molar-refractivity contribution in [1.82, 2.24) is 4.31 Å². The number of benzene rings is 1. The second-order valence-corrected chi connectivity index (χ2v) is 6.99. The van der Waals surface area contributed by atoms with E-state index < -0.39 is 22.0 Å². The third-order valence-corrected chi connectivity index (χ3v) is 5.74. The highest BCUT2D eigenvalue weighted by molar-refractivity contribution is 7.89. The Labute approximate surface area is 117 Å². The molecule has 108 valence electrons. The number of amides is 1. The van der Waals surface area contributed by atoms with E-state index in [9.17, 15) is 13.2 Å². The summed E-state index contributed by atoms with van der Waals surface area (Å²) in [6.45, 7) is 1.28. The van der Waals surface area contributed by atoms with Crippen molar-refractivity contribution in [2.45, 2.75) is 37.0 Å². The molecule has 0 bridgehead atoms. The van der Waals surface area contributed by atoms with Crippen LogP contribution in [-0.2, 0) is 32.8 Å². The van der Waals surface area contributed by atoms with Gasteiger partial charge in [0.1, 0.15) is 6.04 Å². The summed E-state index contributed by atoms with van der Waals surface area (Å²) in [7, 11) is -3.68. The lowest BCUT2D eigenvalue weighted by Crippen LogP contribution is -2.43. The number of carbonyl (C=O) groups is 1. The second-order valence-electron chi connectivity index (χ2n) is 5.10. The summed E-state index contributed by atoms with van der Waals surface area (Å²) in [5, 5.41) is 0. The number of rotatable bonds is 3. The van der Waals surface area contributed by atoms with Crippen molar-refractivity contribution in [3.8, 4) is 0 Å². The van der Waals surface area contributed by atoms with Crippen LogP contribution in [0.25, 0.3) is 0 Å². The number of fused-ring (bicyclic) bond motifs is 1. The number of hydrogen-bond donors (Lipinski definition) is 1. The van der Waals surface area contributed by atoms with E-state index in [-0.39, 0.29) is 4.90 Å². The maximum atomic E-state index is 12.6. The first kappa shape index (κ1) is 13.5. The Hall–Kier alpha value is -1.44. The normalized spacial score (nSPS) is 22.9. The molecular weight excluding hydrogens is 280 g/mol. The van der Waals surface area contributed by atoms with Crippen molar-refractivity contribution in [1.29, 1.82) is 0 Å². The molecule has 0 aromatic heterocycles. The van der Waals surface area contributed by atoms with Crippen molar-refractivity contribution >= 4 is 15.9 Å². The van der Waals surface area contributed by atoms with Gasteiger partial charge in [-0.15, -0.1) is 0 Å². The summed E-state index contributed by atoms with van der Waals surface area (Å²) in [6, 6.07) is 4.24. The Bertz CT molecular complexity index is 656. The average Bonchev–Trinajstić information content (AvgIpc) is 3.06. The van der Waals surface area contributed by atoms with Gasteiger partial charge in [0.2, 0.25) is 15.9 Å². The number of sulfonamides is 1. The van der Waals surface area contributed by atoms with Crippen molar-refractivity contribution < 1.29 is 17.9 Å². The molecule has 0 saturated carbocycles. The standard InChI is InChI=1S/C13H16N2O4S/c14-13(16)12-2-1-5-15(12)20(17,18)11-4-3-9-7-19-8-10(9)6-11/h3-4,6,12H,1-2,5,7-8H2,(H2,14,16)/t12-/m1/s1. The molecule has 3 rings (SSSR count). The Morgan fingerprint density at radius 1 is 1.30 bits per heavy atom. The molecule has 1 atom stereocenters. The fourth-order valence-electron chi connectivity index (χ4n) is 2.76. The van der Waals surface area contributed by atoms with Gasteiger partial charge in [0.15, 0.2) is 0 Å². The Morgan fingerprint density at radius 2 is 2.05 bits per heavy atom. The summed E-state index contributed by atoms with van der Waals surface area (Å²) in [6.07, 6.45) is 1.14. The predicted molar refractivity (Wildman–Crippen MR) is 71.0 cm³/mol. The van der Waals surface area contributed by atoms with Crippen molar-refractivity contribution in [2.24, 2.45) is 5.73 Å². The van der Waals surface area contributed by atoms with Crippen LogP contribution in [0.15, 0.2) is 23.1 Å². The third-order valence-electron chi connectivity index (χ3n) is 3.83. The Balaban J connectivity index is 1.97. The lowest BCUT2D eigenvalue weighted by Gasteiger charge is -2.21. The number of ether oxygens (including phenoxy) is 1. The number of hydrogen-bond acceptors (Lipinski definition) is 4. The molecule has 0 unspecified atom stereocenters. The van der Waals surface area contributed by atoms with Crippen LogP contribution in [-0.4, -0.2) is 31.2 Å². The smallest absolute Gasteiger partial charge is 0.243 e. The van der Waals surface area contributed by atoms with E-state index in [1.54, 1.807) is 18.2 Å². The zero-order valence-corrected chi connectivity index (χ0v) is 11.7. The molecule has 2 aliphatic rings. The highest BCUT2D eigenvalue weighted by Gasteiger charge is 2.38. The molecule has 1 amide bonds. The molecule has 1 aromatic carbocycles. The van der Waals surface area contributed by atoms with Gasteiger partial charge >= 0.3 is 0 Å². The molecule has 2 aliphatic heterocycles. The van der Waals surface area contributed by atoms with Crippen LogP contribution in [0.4, 0.5) is 0 Å². The number of carbonyl (C=O) groups excluding carboxylic acids is 1. The number of nitrogens with two attached hydrogens (primary N) is 1. The summed E-state index contributed by atoms with van der Waals surface area (Å²) in [4.78, 5) is 11.6. The minimum Gasteiger partial charge on any atom is -0.372 e. The molecule has 7 heteroatoms. The maximum absolute atomic E-state index is 12.6. The topological polar surface area (TPSA) is 89.7 Å². The molecule has 6 nitrogen and oxygen atoms in total. The largest absolute Gasteiger partial charge is 0.372 e. The third kappa shape index (κ3) is 2.11. The summed E-state index contributed by atoms with van der Waals surface area (Å²) >= 11 is 0. The van der Waals surface area contributed by atoms with Gasteiger partial charge in [0.05, 0.1) is 18.1 Å². The first-order chi connectivity index (χ1) is 9.50. The minimum absolute atomic E-state index is 0.204. The van der Waals surface area contributed by atoms with Crippen molar-refractivity contribution in [3.05, 3.63) is 29.3 Å². The van der Waals surface area contributed by atoms with Crippen LogP contribution in [0, 0.1) is 0 Å². The second kappa shape index (κ2) is 4.83. The lowest BCUT2D eigenvalue weighted by molar-refractivity contribution is -0.121. The van der Waals surface area contributed by atoms with Crippen LogP contribution in [0.5, 0.6) is 0 Å². The number of primary amides is 1. The highest BCUT2D eigenvalue weighted by Crippen LogP contribution is 2.29. The minimum atomic E-state index is -3.68. The van der Waals surface area contributed by atoms with Gasteiger partial charge in [0, 0.05) is 6.54 Å². The summed E-state index contributed by atoms with van der Waals surface area (Å²) in [5.41, 5.74) is 7.19. The van der Waals surface area contributed by atoms with E-state index in [4.69, 9.17) is 10.5 Å². The van der Waals surface area contributed by atoms with E-state index in [0.717, 1.165) is 11.1 Å². The molecule has 2 heterocycles. The van der Waals surface area contributed by atoms with Crippen LogP contribution >= 0.6 is 0 Å². The van der Waals surface area contributed by atoms with Crippen LogP contribution in [0.2, 0.25) is 0 Å². The van der Waals surface area contributed by atoms with E-state index in [1.807, 2.05) is 0 Å². The molecule has 0 spiro atoms. The summed E-state index contributed by atoms with van der Waals surface area (Å²) < 4.78 is 31.8. The Morgan fingerprint density at radius 3 is 2.80 bits per heavy atom. The SMILES string of the molecule is NC(=O)[C@H]1CCCN1S(=O)(=O)c1ccc2c(c1)COC2. The molecule has 0 radical (unpaired) electrons. The molecular formula is C13H16N2O4S. The maximum Gasteiger partial charge on any atom is 0.243 e. The van der Waals surface area contributed by atoms with Crippen LogP contribution in [0.1, 0.15) is 24.0 Å². The van der Waals surface area contributed by atoms with Crippen molar-refractivity contribution in [3.63, 3.8) is 0 Å². The van der Waals surface area contributed by atoms with Gasteiger partial charge in [-0.25, -0.2) is 8.42 Å². The Kier molecular flexibility index (Phi) is 3.27. The molecule has 0 aliphatic carbocycles. The first-order valence-corrected chi connectivity index (χ1v) is 7.95. The molecule has 1 fully saturated rings. The van der Waals surface area contributed by atoms with Gasteiger partial charge in [-0.1, -0.05) is 6.07 Å². The van der Waals surface area contributed by atoms with Gasteiger partial charge in [-0.05, 0) is 36.1 Å². The van der Waals surface area contributed by atoms with Crippen LogP contribution < -0.4 is 5.73 Å². The van der Waals surface area contributed by atoms with Gasteiger partial charge < -0.3 is 10.5 Å².